The van der Waals surface area contributed by atoms with E-state index in [1.54, 1.807) is 10.9 Å². The van der Waals surface area contributed by atoms with E-state index in [4.69, 9.17) is 0 Å². The van der Waals surface area contributed by atoms with Gasteiger partial charge in [-0.15, -0.1) is 0 Å². The molecule has 0 bridgehead atoms. The second-order valence-corrected chi connectivity index (χ2v) is 4.70. The predicted octanol–water partition coefficient (Wildman–Crippen LogP) is -0.301. The molecule has 1 saturated heterocycles. The van der Waals surface area contributed by atoms with E-state index in [1.807, 2.05) is 13.2 Å². The average Bonchev–Trinajstić information content (AvgIpc) is 2.67. The van der Waals surface area contributed by atoms with Crippen LogP contribution in [0.4, 0.5) is 0 Å². The van der Waals surface area contributed by atoms with E-state index < -0.39 is 6.10 Å². The van der Waals surface area contributed by atoms with Crippen LogP contribution in [0.1, 0.15) is 11.7 Å². The minimum absolute atomic E-state index is 0.156. The number of piperazine rings is 1. The van der Waals surface area contributed by atoms with Gasteiger partial charge in [-0.25, -0.2) is 0 Å². The zero-order valence-corrected chi connectivity index (χ0v) is 10.2. The summed E-state index contributed by atoms with van der Waals surface area (Å²) < 4.78 is 1.73. The number of hydrogen-bond acceptors (Lipinski definition) is 4. The number of aliphatic hydroxyl groups excluding tert-OH is 1. The predicted molar refractivity (Wildman–Crippen MR) is 62.1 cm³/mol. The topological polar surface area (TPSA) is 44.5 Å². The third kappa shape index (κ3) is 2.26. The lowest BCUT2D eigenvalue weighted by Crippen LogP contribution is -2.52. The van der Waals surface area contributed by atoms with Gasteiger partial charge in [-0.3, -0.25) is 9.58 Å². The SMILES string of the molecule is CN1CCN(C)C(C(O)c2cnn(C)c2)C1. The molecule has 2 heterocycles. The Morgan fingerprint density at radius 1 is 1.38 bits per heavy atom. The molecule has 1 aliphatic heterocycles. The maximum Gasteiger partial charge on any atom is 0.0987 e. The summed E-state index contributed by atoms with van der Waals surface area (Å²) in [5.74, 6) is 0. The Hall–Kier alpha value is -0.910. The number of rotatable bonds is 2. The van der Waals surface area contributed by atoms with Crippen LogP contribution in [0.5, 0.6) is 0 Å². The first kappa shape index (κ1) is 11.6. The first-order valence-electron chi connectivity index (χ1n) is 5.63. The molecule has 1 N–H and O–H groups in total. The van der Waals surface area contributed by atoms with E-state index in [2.05, 4.69) is 29.0 Å². The van der Waals surface area contributed by atoms with Gasteiger partial charge in [-0.1, -0.05) is 0 Å². The molecule has 5 nitrogen and oxygen atoms in total. The number of hydrogen-bond donors (Lipinski definition) is 1. The highest BCUT2D eigenvalue weighted by Crippen LogP contribution is 2.22. The fourth-order valence-electron chi connectivity index (χ4n) is 2.20. The fourth-order valence-corrected chi connectivity index (χ4v) is 2.20. The van der Waals surface area contributed by atoms with E-state index >= 15 is 0 Å². The van der Waals surface area contributed by atoms with Gasteiger partial charge in [0, 0.05) is 38.4 Å². The second kappa shape index (κ2) is 4.53. The number of aryl methyl sites for hydroxylation is 1. The number of aromatic nitrogens is 2. The molecule has 1 aromatic rings. The number of likely N-dealkylation sites (N-methyl/N-ethyl adjacent to an activating group) is 2. The summed E-state index contributed by atoms with van der Waals surface area (Å²) >= 11 is 0. The first-order valence-corrected chi connectivity index (χ1v) is 5.63. The molecule has 2 rings (SSSR count). The highest BCUT2D eigenvalue weighted by atomic mass is 16.3. The molecular formula is C11H20N4O. The van der Waals surface area contributed by atoms with Crippen LogP contribution in [0.25, 0.3) is 0 Å². The van der Waals surface area contributed by atoms with Crippen LogP contribution >= 0.6 is 0 Å². The highest BCUT2D eigenvalue weighted by Gasteiger charge is 2.30. The van der Waals surface area contributed by atoms with Gasteiger partial charge in [0.2, 0.25) is 0 Å². The molecule has 0 aliphatic carbocycles. The zero-order valence-electron chi connectivity index (χ0n) is 10.2. The van der Waals surface area contributed by atoms with Gasteiger partial charge in [-0.2, -0.15) is 5.10 Å². The minimum Gasteiger partial charge on any atom is -0.387 e. The van der Waals surface area contributed by atoms with Crippen LogP contribution < -0.4 is 0 Å². The number of nitrogens with zero attached hydrogens (tertiary/aromatic N) is 4. The van der Waals surface area contributed by atoms with Crippen LogP contribution in [0.2, 0.25) is 0 Å². The Labute approximate surface area is 96.3 Å². The van der Waals surface area contributed by atoms with Crippen LogP contribution in [-0.2, 0) is 7.05 Å². The Morgan fingerprint density at radius 3 is 2.75 bits per heavy atom. The van der Waals surface area contributed by atoms with Gasteiger partial charge in [0.05, 0.1) is 18.3 Å². The number of aliphatic hydroxyl groups is 1. The van der Waals surface area contributed by atoms with Crippen LogP contribution in [0.15, 0.2) is 12.4 Å². The molecule has 5 heteroatoms. The summed E-state index contributed by atoms with van der Waals surface area (Å²) in [6, 6.07) is 0.156. The quantitative estimate of drug-likeness (QED) is 0.749. The second-order valence-electron chi connectivity index (χ2n) is 4.70. The third-order valence-electron chi connectivity index (χ3n) is 3.33. The van der Waals surface area contributed by atoms with Gasteiger partial charge >= 0.3 is 0 Å². The van der Waals surface area contributed by atoms with E-state index in [0.29, 0.717) is 0 Å². The molecule has 2 atom stereocenters. The summed E-state index contributed by atoms with van der Waals surface area (Å²) in [7, 11) is 6.03. The van der Waals surface area contributed by atoms with E-state index in [0.717, 1.165) is 25.2 Å². The van der Waals surface area contributed by atoms with Gasteiger partial charge in [0.1, 0.15) is 0 Å². The molecule has 1 aliphatic rings. The average molecular weight is 224 g/mol. The van der Waals surface area contributed by atoms with Crippen molar-refractivity contribution in [2.24, 2.45) is 7.05 Å². The Kier molecular flexibility index (Phi) is 3.28. The lowest BCUT2D eigenvalue weighted by molar-refractivity contribution is 0.0138. The summed E-state index contributed by atoms with van der Waals surface area (Å²) in [6.45, 7) is 2.96. The summed E-state index contributed by atoms with van der Waals surface area (Å²) in [4.78, 5) is 4.47. The van der Waals surface area contributed by atoms with Crippen LogP contribution in [-0.4, -0.2) is 64.5 Å². The molecular weight excluding hydrogens is 204 g/mol. The lowest BCUT2D eigenvalue weighted by atomic mass is 10.0. The summed E-state index contributed by atoms with van der Waals surface area (Å²) in [5, 5.41) is 14.4. The lowest BCUT2D eigenvalue weighted by Gasteiger charge is -2.39. The van der Waals surface area contributed by atoms with Crippen molar-refractivity contribution in [3.05, 3.63) is 18.0 Å². The molecule has 0 saturated carbocycles. The molecule has 0 spiro atoms. The molecule has 0 radical (unpaired) electrons. The van der Waals surface area contributed by atoms with Crippen molar-refractivity contribution in [1.29, 1.82) is 0 Å². The maximum atomic E-state index is 10.3. The van der Waals surface area contributed by atoms with Crippen LogP contribution in [0, 0.1) is 0 Å². The smallest absolute Gasteiger partial charge is 0.0987 e. The Balaban J connectivity index is 2.10. The monoisotopic (exact) mass is 224 g/mol. The Bertz CT molecular complexity index is 352. The largest absolute Gasteiger partial charge is 0.387 e. The molecule has 90 valence electrons. The summed E-state index contributed by atoms with van der Waals surface area (Å²) in [5.41, 5.74) is 0.898. The molecule has 1 fully saturated rings. The molecule has 2 unspecified atom stereocenters. The van der Waals surface area contributed by atoms with Gasteiger partial charge < -0.3 is 10.0 Å². The maximum absolute atomic E-state index is 10.3. The normalized spacial score (nSPS) is 25.9. The molecule has 16 heavy (non-hydrogen) atoms. The molecule has 1 aromatic heterocycles. The van der Waals surface area contributed by atoms with Gasteiger partial charge in [-0.05, 0) is 14.1 Å². The van der Waals surface area contributed by atoms with Crippen molar-refractivity contribution in [3.63, 3.8) is 0 Å². The van der Waals surface area contributed by atoms with Crippen molar-refractivity contribution in [3.8, 4) is 0 Å². The van der Waals surface area contributed by atoms with Crippen molar-refractivity contribution >= 4 is 0 Å². The van der Waals surface area contributed by atoms with Gasteiger partial charge in [0.25, 0.3) is 0 Å². The van der Waals surface area contributed by atoms with Crippen molar-refractivity contribution in [2.45, 2.75) is 12.1 Å². The highest BCUT2D eigenvalue weighted by molar-refractivity contribution is 5.11. The van der Waals surface area contributed by atoms with E-state index in [1.165, 1.54) is 0 Å². The summed E-state index contributed by atoms with van der Waals surface area (Å²) in [6.07, 6.45) is 3.17. The standard InChI is InChI=1S/C11H20N4O/c1-13-4-5-14(2)10(8-13)11(16)9-6-12-15(3)7-9/h6-7,10-11,16H,4-5,8H2,1-3H3. The molecule has 0 aromatic carbocycles. The minimum atomic E-state index is -0.457. The molecule has 0 amide bonds. The van der Waals surface area contributed by atoms with Crippen molar-refractivity contribution in [1.82, 2.24) is 19.6 Å². The van der Waals surface area contributed by atoms with E-state index in [-0.39, 0.29) is 6.04 Å². The first-order chi connectivity index (χ1) is 7.58. The van der Waals surface area contributed by atoms with Crippen molar-refractivity contribution < 1.29 is 5.11 Å². The van der Waals surface area contributed by atoms with E-state index in [9.17, 15) is 5.11 Å². The van der Waals surface area contributed by atoms with Gasteiger partial charge in [0.15, 0.2) is 0 Å². The third-order valence-corrected chi connectivity index (χ3v) is 3.33. The van der Waals surface area contributed by atoms with Crippen LogP contribution in [0.3, 0.4) is 0 Å². The zero-order chi connectivity index (χ0) is 11.7. The van der Waals surface area contributed by atoms with Crippen molar-refractivity contribution in [2.75, 3.05) is 33.7 Å². The Morgan fingerprint density at radius 2 is 2.12 bits per heavy atom. The fraction of sp³-hybridized carbons (Fsp3) is 0.727.